The quantitative estimate of drug-likeness (QED) is 0.526. The topological polar surface area (TPSA) is 56.7 Å². The van der Waals surface area contributed by atoms with Crippen molar-refractivity contribution in [3.05, 3.63) is 58.7 Å². The van der Waals surface area contributed by atoms with E-state index >= 15 is 0 Å². The maximum atomic E-state index is 12.1. The number of rotatable bonds is 6. The van der Waals surface area contributed by atoms with Gasteiger partial charge >= 0.3 is 0 Å². The molecule has 2 N–H and O–H groups in total. The van der Waals surface area contributed by atoms with Gasteiger partial charge in [-0.3, -0.25) is 4.79 Å². The van der Waals surface area contributed by atoms with Crippen LogP contribution in [-0.2, 0) is 4.79 Å². The van der Waals surface area contributed by atoms with Crippen LogP contribution in [0, 0.1) is 13.8 Å². The minimum atomic E-state index is -0.172. The van der Waals surface area contributed by atoms with Gasteiger partial charge in [0.1, 0.15) is 0 Å². The van der Waals surface area contributed by atoms with Crippen LogP contribution in [0.4, 0.5) is 11.4 Å². The molecule has 160 valence electrons. The van der Waals surface area contributed by atoms with E-state index < -0.39 is 0 Å². The third-order valence-corrected chi connectivity index (χ3v) is 6.09. The van der Waals surface area contributed by atoms with Crippen LogP contribution in [0.5, 0.6) is 0 Å². The number of aryl methyl sites for hydroxylation is 2. The average molecular weight is 407 g/mol. The summed E-state index contributed by atoms with van der Waals surface area (Å²) in [7, 11) is 0. The van der Waals surface area contributed by atoms with Gasteiger partial charge in [-0.15, -0.1) is 0 Å². The van der Waals surface area contributed by atoms with E-state index in [9.17, 15) is 4.79 Å². The van der Waals surface area contributed by atoms with Crippen LogP contribution >= 0.6 is 0 Å². The molecule has 0 bridgehead atoms. The van der Waals surface area contributed by atoms with E-state index in [4.69, 9.17) is 0 Å². The first-order valence-corrected chi connectivity index (χ1v) is 10.8. The molecule has 30 heavy (non-hydrogen) atoms. The van der Waals surface area contributed by atoms with Crippen LogP contribution < -0.4 is 15.6 Å². The van der Waals surface area contributed by atoms with Crippen molar-refractivity contribution in [2.24, 2.45) is 5.10 Å². The van der Waals surface area contributed by atoms with Crippen molar-refractivity contribution in [3.63, 3.8) is 0 Å². The Morgan fingerprint density at radius 3 is 2.67 bits per heavy atom. The normalized spacial score (nSPS) is 17.7. The van der Waals surface area contributed by atoms with E-state index in [2.05, 4.69) is 80.5 Å². The lowest BCUT2D eigenvalue weighted by molar-refractivity contribution is -0.119. The van der Waals surface area contributed by atoms with Gasteiger partial charge in [-0.2, -0.15) is 5.10 Å². The predicted molar refractivity (Wildman–Crippen MR) is 127 cm³/mol. The Hall–Kier alpha value is -2.82. The van der Waals surface area contributed by atoms with Gasteiger partial charge in [0.15, 0.2) is 0 Å². The first-order valence-electron chi connectivity index (χ1n) is 10.8. The number of nitrogens with zero attached hydrogens (tertiary/aromatic N) is 2. The minimum absolute atomic E-state index is 0.160. The van der Waals surface area contributed by atoms with Crippen LogP contribution in [0.3, 0.4) is 0 Å². The molecule has 3 rings (SSSR count). The fraction of sp³-hybridized carbons (Fsp3) is 0.440. The molecule has 5 nitrogen and oxygen atoms in total. The Balaban J connectivity index is 1.60. The molecule has 0 aromatic heterocycles. The third-order valence-electron chi connectivity index (χ3n) is 6.09. The number of carbonyl (C=O) groups is 1. The number of hydrazone groups is 1. The third kappa shape index (κ3) is 4.84. The first kappa shape index (κ1) is 21.9. The van der Waals surface area contributed by atoms with Gasteiger partial charge in [0, 0.05) is 23.5 Å². The van der Waals surface area contributed by atoms with Gasteiger partial charge in [0.2, 0.25) is 0 Å². The molecule has 1 amide bonds. The smallest absolute Gasteiger partial charge is 0.259 e. The molecular weight excluding hydrogens is 372 g/mol. The molecule has 0 aliphatic carbocycles. The zero-order chi connectivity index (χ0) is 21.9. The van der Waals surface area contributed by atoms with E-state index in [1.54, 1.807) is 6.21 Å². The molecule has 0 saturated heterocycles. The highest BCUT2D eigenvalue weighted by Crippen LogP contribution is 2.43. The van der Waals surface area contributed by atoms with Gasteiger partial charge in [-0.25, -0.2) is 5.43 Å². The van der Waals surface area contributed by atoms with Gasteiger partial charge in [-0.1, -0.05) is 19.1 Å². The number of hydrogen-bond donors (Lipinski definition) is 2. The highest BCUT2D eigenvalue weighted by atomic mass is 16.2. The molecule has 1 heterocycles. The number of nitrogens with one attached hydrogen (secondary N) is 2. The fourth-order valence-electron chi connectivity index (χ4n) is 4.44. The number of anilines is 2. The van der Waals surface area contributed by atoms with Crippen molar-refractivity contribution in [1.29, 1.82) is 0 Å². The first-order chi connectivity index (χ1) is 14.2. The lowest BCUT2D eigenvalue weighted by atomic mass is 9.79. The molecule has 1 unspecified atom stereocenters. The number of amides is 1. The number of hydrogen-bond acceptors (Lipinski definition) is 4. The summed E-state index contributed by atoms with van der Waals surface area (Å²) in [6.45, 7) is 14.4. The maximum Gasteiger partial charge on any atom is 0.259 e. The van der Waals surface area contributed by atoms with Crippen LogP contribution in [0.25, 0.3) is 0 Å². The van der Waals surface area contributed by atoms with Crippen molar-refractivity contribution < 1.29 is 4.79 Å². The Bertz CT molecular complexity index is 948. The summed E-state index contributed by atoms with van der Waals surface area (Å²) in [6.07, 6.45) is 2.84. The number of fused-ring (bicyclic) bond motifs is 1. The SMILES string of the molecule is CCN1c2ccc(/C=N\NC(=O)CNc3ccc(C)c(C)c3)cc2C(C)CC1(C)C. The largest absolute Gasteiger partial charge is 0.376 e. The minimum Gasteiger partial charge on any atom is -0.376 e. The van der Waals surface area contributed by atoms with Crippen molar-refractivity contribution >= 4 is 23.5 Å². The second-order valence-corrected chi connectivity index (χ2v) is 8.93. The predicted octanol–water partition coefficient (Wildman–Crippen LogP) is 4.98. The standard InChI is InChI=1S/C25H34N4O/c1-7-29-23-11-9-20(13-22(23)19(4)14-25(29,5)6)15-27-28-24(30)16-26-21-10-8-17(2)18(3)12-21/h8-13,15,19,26H,7,14,16H2,1-6H3,(H,28,30)/b27-15-. The Morgan fingerprint density at radius 2 is 1.97 bits per heavy atom. The molecule has 0 saturated carbocycles. The number of benzene rings is 2. The zero-order valence-electron chi connectivity index (χ0n) is 19.0. The van der Waals surface area contributed by atoms with E-state index in [0.717, 1.165) is 24.2 Å². The Kier molecular flexibility index (Phi) is 6.49. The lowest BCUT2D eigenvalue weighted by Gasteiger charge is -2.47. The molecule has 1 aliphatic rings. The monoisotopic (exact) mass is 406 g/mol. The summed E-state index contributed by atoms with van der Waals surface area (Å²) in [5, 5.41) is 7.28. The molecule has 0 fully saturated rings. The summed E-state index contributed by atoms with van der Waals surface area (Å²) in [6, 6.07) is 12.5. The van der Waals surface area contributed by atoms with Crippen LogP contribution in [-0.4, -0.2) is 30.8 Å². The zero-order valence-corrected chi connectivity index (χ0v) is 19.0. The summed E-state index contributed by atoms with van der Waals surface area (Å²) >= 11 is 0. The molecule has 0 spiro atoms. The fourth-order valence-corrected chi connectivity index (χ4v) is 4.44. The van der Waals surface area contributed by atoms with Gasteiger partial charge < -0.3 is 10.2 Å². The maximum absolute atomic E-state index is 12.1. The van der Waals surface area contributed by atoms with Crippen molar-refractivity contribution in [2.45, 2.75) is 59.4 Å². The molecule has 2 aromatic rings. The van der Waals surface area contributed by atoms with Crippen molar-refractivity contribution in [1.82, 2.24) is 5.43 Å². The molecule has 1 atom stereocenters. The number of carbonyl (C=O) groups excluding carboxylic acids is 1. The van der Waals surface area contributed by atoms with Crippen molar-refractivity contribution in [2.75, 3.05) is 23.3 Å². The lowest BCUT2D eigenvalue weighted by Crippen LogP contribution is -2.48. The van der Waals surface area contributed by atoms with Gasteiger partial charge in [0.25, 0.3) is 5.91 Å². The van der Waals surface area contributed by atoms with Gasteiger partial charge in [-0.05, 0) is 93.5 Å². The van der Waals surface area contributed by atoms with Crippen LogP contribution in [0.15, 0.2) is 41.5 Å². The second kappa shape index (κ2) is 8.90. The molecule has 1 aliphatic heterocycles. The Morgan fingerprint density at radius 1 is 1.20 bits per heavy atom. The second-order valence-electron chi connectivity index (χ2n) is 8.93. The molecule has 0 radical (unpaired) electrons. The van der Waals surface area contributed by atoms with E-state index in [1.165, 1.54) is 22.4 Å². The van der Waals surface area contributed by atoms with Crippen LogP contribution in [0.2, 0.25) is 0 Å². The summed E-state index contributed by atoms with van der Waals surface area (Å²) in [5.41, 5.74) is 9.79. The van der Waals surface area contributed by atoms with E-state index in [1.807, 2.05) is 18.2 Å². The Labute approximate surface area is 180 Å². The average Bonchev–Trinajstić information content (AvgIpc) is 2.69. The van der Waals surface area contributed by atoms with Gasteiger partial charge in [0.05, 0.1) is 12.8 Å². The van der Waals surface area contributed by atoms with Crippen LogP contribution in [0.1, 0.15) is 62.3 Å². The van der Waals surface area contributed by atoms with Crippen molar-refractivity contribution in [3.8, 4) is 0 Å². The highest BCUT2D eigenvalue weighted by molar-refractivity contribution is 5.85. The molecular formula is C25H34N4O. The summed E-state index contributed by atoms with van der Waals surface area (Å²) < 4.78 is 0. The summed E-state index contributed by atoms with van der Waals surface area (Å²) in [4.78, 5) is 14.6. The molecule has 5 heteroatoms. The highest BCUT2D eigenvalue weighted by Gasteiger charge is 2.35. The molecule has 2 aromatic carbocycles. The van der Waals surface area contributed by atoms with E-state index in [0.29, 0.717) is 5.92 Å². The summed E-state index contributed by atoms with van der Waals surface area (Å²) in [5.74, 6) is 0.317. The van der Waals surface area contributed by atoms with E-state index in [-0.39, 0.29) is 18.0 Å².